The summed E-state index contributed by atoms with van der Waals surface area (Å²) in [5.74, 6) is -2.20. The third-order valence-corrected chi connectivity index (χ3v) is 6.34. The minimum atomic E-state index is -4.81. The van der Waals surface area contributed by atoms with E-state index in [9.17, 15) is 37.4 Å². The molecule has 0 heterocycles. The van der Waals surface area contributed by atoms with Crippen molar-refractivity contribution in [2.45, 2.75) is 48.8 Å². The highest BCUT2D eigenvalue weighted by Crippen LogP contribution is 2.37. The Bertz CT molecular complexity index is 1210. The van der Waals surface area contributed by atoms with Gasteiger partial charge in [-0.05, 0) is 0 Å². The number of carbonyl (C=O) groups excluding carboxylic acids is 4. The third kappa shape index (κ3) is 37.1. The zero-order valence-corrected chi connectivity index (χ0v) is 29.3. The van der Waals surface area contributed by atoms with Crippen molar-refractivity contribution in [1.82, 2.24) is 0 Å². The first kappa shape index (κ1) is 57.4. The molecule has 30 nitrogen and oxygen atoms in total. The van der Waals surface area contributed by atoms with E-state index in [2.05, 4.69) is 18.1 Å². The number of hydrogen-bond donors (Lipinski definition) is 18. The van der Waals surface area contributed by atoms with Gasteiger partial charge in [-0.2, -0.15) is 0 Å². The Morgan fingerprint density at radius 1 is 0.481 bits per heavy atom. The van der Waals surface area contributed by atoms with Gasteiger partial charge >= 0.3 is 31.3 Å². The van der Waals surface area contributed by atoms with E-state index in [4.69, 9.17) is 90.2 Å². The first-order valence-electron chi connectivity index (χ1n) is 12.7. The fourth-order valence-electron chi connectivity index (χ4n) is 1.91. The summed E-state index contributed by atoms with van der Waals surface area (Å²) in [7, 11) is -18.8. The Morgan fingerprint density at radius 3 is 1.10 bits per heavy atom. The lowest BCUT2D eigenvalue weighted by molar-refractivity contribution is -0.142. The standard InChI is InChI=1S/C6H13O9P.C5H11O8P.C4H9O7P.C3H7O6P/c7-1-3(8)5(10)6(11)4(9)2-15-16(12,13)14;6-1-3(7)5(9)4(8)2-13-14(10,11)12;5-1-3(6)4(7)2-11-12(8,9)10;4-1-3(5)2-9-10(6,7)8/h4-7,9-11H,1-2H2,(H2,12,13,14);4-6,8-9H,1-2H2,(H2,10,11,12);1,3-4,6-7H,2H2,(H2,8,9,10);1,3,5H,2H2,(H2,6,7,8)/t4-,5-,6-;4-,5-;3-,4+;/m110./s1. The largest absolute Gasteiger partial charge is 0.469 e. The lowest BCUT2D eigenvalue weighted by atomic mass is 10.1. The van der Waals surface area contributed by atoms with Gasteiger partial charge in [0.25, 0.3) is 0 Å². The Balaban J connectivity index is -0.000000300. The van der Waals surface area contributed by atoms with E-state index in [0.29, 0.717) is 0 Å². The minimum Gasteiger partial charge on any atom is -0.388 e. The maximum atomic E-state index is 10.7. The Hall–Kier alpha value is -1.28. The lowest BCUT2D eigenvalue weighted by Crippen LogP contribution is -2.45. The SMILES string of the molecule is O=C(CO)[C@@H](O)[C@H](O)COP(=O)(O)O.O=C(CO)[C@@H](O)[C@H](O)[C@H](O)COP(=O)(O)O.O=CC(O)COP(=O)(O)O.O=C[C@H](O)[C@H](O)COP(=O)(O)O. The molecule has 0 saturated heterocycles. The van der Waals surface area contributed by atoms with Crippen molar-refractivity contribution in [1.29, 1.82) is 0 Å². The van der Waals surface area contributed by atoms with Crippen molar-refractivity contribution < 1.29 is 146 Å². The number of carbonyl (C=O) groups is 4. The van der Waals surface area contributed by atoms with Crippen LogP contribution in [-0.4, -0.2) is 203 Å². The molecule has 0 saturated carbocycles. The second-order valence-electron chi connectivity index (χ2n) is 8.81. The van der Waals surface area contributed by atoms with Crippen LogP contribution in [0.2, 0.25) is 0 Å². The molecule has 8 atom stereocenters. The van der Waals surface area contributed by atoms with E-state index >= 15 is 0 Å². The van der Waals surface area contributed by atoms with Gasteiger partial charge in [0, 0.05) is 0 Å². The van der Waals surface area contributed by atoms with Gasteiger partial charge in [0.1, 0.15) is 62.0 Å². The van der Waals surface area contributed by atoms with Crippen LogP contribution in [0.25, 0.3) is 0 Å². The fourth-order valence-corrected chi connectivity index (χ4v) is 3.30. The van der Waals surface area contributed by atoms with Crippen molar-refractivity contribution in [3.05, 3.63) is 0 Å². The molecular weight excluding hydrogens is 820 g/mol. The van der Waals surface area contributed by atoms with Gasteiger partial charge in [0.05, 0.1) is 26.4 Å². The summed E-state index contributed by atoms with van der Waals surface area (Å²) in [5, 5.41) is 87.3. The molecule has 0 aromatic carbocycles. The quantitative estimate of drug-likeness (QED) is 0.0355. The molecule has 0 aromatic heterocycles. The summed E-state index contributed by atoms with van der Waals surface area (Å²) < 4.78 is 55.6. The topological polar surface area (TPSA) is 538 Å². The number of Topliss-reactive ketones (excluding diaryl/α,β-unsaturated/α-hetero) is 2. The predicted octanol–water partition coefficient (Wildman–Crippen LogP) is -9.21. The van der Waals surface area contributed by atoms with Crippen LogP contribution in [0, 0.1) is 0 Å². The molecule has 0 radical (unpaired) electrons. The molecule has 18 N–H and O–H groups in total. The molecule has 1 unspecified atom stereocenters. The van der Waals surface area contributed by atoms with Crippen LogP contribution in [0.5, 0.6) is 0 Å². The van der Waals surface area contributed by atoms with E-state index in [1.54, 1.807) is 0 Å². The lowest BCUT2D eigenvalue weighted by Gasteiger charge is -2.21. The number of aliphatic hydroxyl groups excluding tert-OH is 10. The molecule has 0 aliphatic carbocycles. The van der Waals surface area contributed by atoms with Crippen molar-refractivity contribution in [3.63, 3.8) is 0 Å². The van der Waals surface area contributed by atoms with Crippen molar-refractivity contribution in [3.8, 4) is 0 Å². The normalized spacial score (nSPS) is 16.7. The molecule has 0 aromatic rings. The van der Waals surface area contributed by atoms with Crippen LogP contribution >= 0.6 is 31.3 Å². The van der Waals surface area contributed by atoms with Crippen LogP contribution in [0.1, 0.15) is 0 Å². The number of hydrogen-bond acceptors (Lipinski definition) is 22. The summed E-state index contributed by atoms with van der Waals surface area (Å²) in [6.07, 6.45) is -14.3. The predicted molar refractivity (Wildman–Crippen MR) is 156 cm³/mol. The van der Waals surface area contributed by atoms with Gasteiger partial charge in [-0.25, -0.2) is 18.3 Å². The summed E-state index contributed by atoms with van der Waals surface area (Å²) in [5.41, 5.74) is 0. The van der Waals surface area contributed by atoms with E-state index in [1.807, 2.05) is 0 Å². The van der Waals surface area contributed by atoms with E-state index < -0.39 is 131 Å². The number of phosphoric acid groups is 4. The minimum absolute atomic E-state index is 0.0354. The monoisotopic (exact) mass is 860 g/mol. The van der Waals surface area contributed by atoms with Gasteiger partial charge in [0.2, 0.25) is 0 Å². The second-order valence-corrected chi connectivity index (χ2v) is 13.8. The average molecular weight is 860 g/mol. The Kier molecular flexibility index (Phi) is 31.1. The molecule has 312 valence electrons. The molecule has 0 aliphatic rings. The molecule has 0 rings (SSSR count). The van der Waals surface area contributed by atoms with Crippen LogP contribution in [-0.2, 0) is 55.5 Å². The van der Waals surface area contributed by atoms with E-state index in [1.165, 1.54) is 0 Å². The molecule has 0 fully saturated rings. The average Bonchev–Trinajstić information content (AvgIpc) is 3.04. The fraction of sp³-hybridized carbons (Fsp3) is 0.778. The highest BCUT2D eigenvalue weighted by atomic mass is 31.2. The van der Waals surface area contributed by atoms with Crippen molar-refractivity contribution >= 4 is 55.4 Å². The molecule has 0 amide bonds. The maximum absolute atomic E-state index is 10.7. The number of rotatable bonds is 22. The Morgan fingerprint density at radius 2 is 0.788 bits per heavy atom. The van der Waals surface area contributed by atoms with Crippen molar-refractivity contribution in [2.75, 3.05) is 39.6 Å². The highest BCUT2D eigenvalue weighted by molar-refractivity contribution is 7.47. The van der Waals surface area contributed by atoms with E-state index in [0.717, 1.165) is 0 Å². The molecule has 0 spiro atoms. The van der Waals surface area contributed by atoms with Gasteiger partial charge in [-0.1, -0.05) is 0 Å². The molecule has 0 aliphatic heterocycles. The van der Waals surface area contributed by atoms with Gasteiger partial charge in [-0.15, -0.1) is 0 Å². The zero-order valence-electron chi connectivity index (χ0n) is 25.8. The third-order valence-electron chi connectivity index (χ3n) is 4.40. The van der Waals surface area contributed by atoms with Crippen LogP contribution in [0.3, 0.4) is 0 Å². The number of ketones is 2. The van der Waals surface area contributed by atoms with Crippen LogP contribution in [0.4, 0.5) is 0 Å². The maximum Gasteiger partial charge on any atom is 0.469 e. The number of aldehydes is 2. The highest BCUT2D eigenvalue weighted by Gasteiger charge is 2.31. The number of aliphatic hydroxyl groups is 10. The van der Waals surface area contributed by atoms with Gasteiger partial charge < -0.3 is 99.8 Å². The first-order valence-corrected chi connectivity index (χ1v) is 18.8. The van der Waals surface area contributed by atoms with E-state index in [-0.39, 0.29) is 12.6 Å². The van der Waals surface area contributed by atoms with Gasteiger partial charge in [-0.3, -0.25) is 27.7 Å². The Labute approximate surface area is 290 Å². The zero-order chi connectivity index (χ0) is 42.3. The smallest absolute Gasteiger partial charge is 0.388 e. The first-order chi connectivity index (χ1) is 23.3. The molecular formula is C18H40O30P4. The summed E-state index contributed by atoms with van der Waals surface area (Å²) in [6.45, 7) is -5.38. The summed E-state index contributed by atoms with van der Waals surface area (Å²) >= 11 is 0. The summed E-state index contributed by atoms with van der Waals surface area (Å²) in [6, 6.07) is 0. The summed E-state index contributed by atoms with van der Waals surface area (Å²) in [4.78, 5) is 106. The molecule has 0 bridgehead atoms. The molecule has 52 heavy (non-hydrogen) atoms. The van der Waals surface area contributed by atoms with Crippen molar-refractivity contribution in [2.24, 2.45) is 0 Å². The number of phosphoric ester groups is 4. The van der Waals surface area contributed by atoms with Crippen LogP contribution in [0.15, 0.2) is 0 Å². The van der Waals surface area contributed by atoms with Gasteiger partial charge in [0.15, 0.2) is 24.1 Å². The molecule has 34 heteroatoms. The second kappa shape index (κ2) is 28.2. The van der Waals surface area contributed by atoms with Crippen LogP contribution < -0.4 is 0 Å².